The van der Waals surface area contributed by atoms with Crippen molar-refractivity contribution < 1.29 is 0 Å². The number of nitrogens with zero attached hydrogens (tertiary/aromatic N) is 5. The van der Waals surface area contributed by atoms with Gasteiger partial charge in [0.1, 0.15) is 6.07 Å². The number of nitriles is 1. The van der Waals surface area contributed by atoms with E-state index >= 15 is 0 Å². The number of hydrogen-bond acceptors (Lipinski definition) is 8. The number of rotatable bonds is 4. The summed E-state index contributed by atoms with van der Waals surface area (Å²) in [5.74, 6) is 0. The Hall–Kier alpha value is -2.47. The Morgan fingerprint density at radius 3 is 2.58 bits per heavy atom. The summed E-state index contributed by atoms with van der Waals surface area (Å²) in [6.45, 7) is 4.33. The van der Waals surface area contributed by atoms with Gasteiger partial charge in [0.2, 0.25) is 5.13 Å². The highest BCUT2D eigenvalue weighted by molar-refractivity contribution is 7.23. The van der Waals surface area contributed by atoms with E-state index in [0.717, 1.165) is 46.9 Å². The predicted molar refractivity (Wildman–Crippen MR) is 107 cm³/mol. The van der Waals surface area contributed by atoms with E-state index in [-0.39, 0.29) is 0 Å². The van der Waals surface area contributed by atoms with Gasteiger partial charge in [-0.2, -0.15) is 5.26 Å². The van der Waals surface area contributed by atoms with E-state index < -0.39 is 0 Å². The Kier molecular flexibility index (Phi) is 4.84. The first-order valence-corrected chi connectivity index (χ1v) is 10.0. The van der Waals surface area contributed by atoms with Gasteiger partial charge in [-0.15, -0.1) is 21.5 Å². The standard InChI is InChI=1S/C18H18N6S2/c1-23-6-8-24(9-7-23)15-4-2-14(3-5-15)20-18-22-21-17(26-18)16-10-13(11-19)12-25-16/h2-5,10,12H,6-9H2,1H3,(H,20,22). The van der Waals surface area contributed by atoms with E-state index in [0.29, 0.717) is 5.56 Å². The van der Waals surface area contributed by atoms with Crippen LogP contribution in [0.4, 0.5) is 16.5 Å². The van der Waals surface area contributed by atoms with Crippen molar-refractivity contribution in [2.24, 2.45) is 0 Å². The molecule has 4 rings (SSSR count). The second-order valence-corrected chi connectivity index (χ2v) is 8.07. The highest BCUT2D eigenvalue weighted by Gasteiger charge is 2.14. The maximum absolute atomic E-state index is 8.93. The molecule has 132 valence electrons. The summed E-state index contributed by atoms with van der Waals surface area (Å²) in [7, 11) is 2.16. The van der Waals surface area contributed by atoms with Crippen molar-refractivity contribution in [1.29, 1.82) is 5.26 Å². The van der Waals surface area contributed by atoms with Crippen molar-refractivity contribution in [3.63, 3.8) is 0 Å². The molecule has 8 heteroatoms. The molecule has 2 aromatic heterocycles. The maximum atomic E-state index is 8.93. The zero-order valence-electron chi connectivity index (χ0n) is 14.3. The van der Waals surface area contributed by atoms with Gasteiger partial charge < -0.3 is 15.1 Å². The molecule has 3 heterocycles. The second kappa shape index (κ2) is 7.41. The molecule has 0 aliphatic carbocycles. The van der Waals surface area contributed by atoms with E-state index in [9.17, 15) is 0 Å². The third-order valence-electron chi connectivity index (χ3n) is 4.35. The molecular weight excluding hydrogens is 364 g/mol. The summed E-state index contributed by atoms with van der Waals surface area (Å²) in [4.78, 5) is 5.74. The molecule has 1 N–H and O–H groups in total. The van der Waals surface area contributed by atoms with Crippen LogP contribution in [0.2, 0.25) is 0 Å². The van der Waals surface area contributed by atoms with Crippen molar-refractivity contribution in [3.05, 3.63) is 41.3 Å². The highest BCUT2D eigenvalue weighted by atomic mass is 32.1. The fourth-order valence-electron chi connectivity index (χ4n) is 2.82. The van der Waals surface area contributed by atoms with Crippen LogP contribution < -0.4 is 10.2 Å². The Morgan fingerprint density at radius 2 is 1.88 bits per heavy atom. The molecule has 0 saturated carbocycles. The van der Waals surface area contributed by atoms with Gasteiger partial charge in [-0.05, 0) is 37.4 Å². The number of anilines is 3. The average molecular weight is 383 g/mol. The average Bonchev–Trinajstić information content (AvgIpc) is 3.32. The van der Waals surface area contributed by atoms with Gasteiger partial charge in [0.05, 0.1) is 10.4 Å². The SMILES string of the molecule is CN1CCN(c2ccc(Nc3nnc(-c4cc(C#N)cs4)s3)cc2)CC1. The molecule has 1 aliphatic heterocycles. The summed E-state index contributed by atoms with van der Waals surface area (Å²) in [5, 5.41) is 24.1. The minimum absolute atomic E-state index is 0.661. The minimum Gasteiger partial charge on any atom is -0.369 e. The van der Waals surface area contributed by atoms with Crippen LogP contribution in [0.5, 0.6) is 0 Å². The van der Waals surface area contributed by atoms with Gasteiger partial charge in [-0.1, -0.05) is 11.3 Å². The van der Waals surface area contributed by atoms with Crippen LogP contribution in [-0.2, 0) is 0 Å². The Balaban J connectivity index is 1.42. The lowest BCUT2D eigenvalue weighted by atomic mass is 10.2. The van der Waals surface area contributed by atoms with Crippen LogP contribution in [0.15, 0.2) is 35.7 Å². The normalized spacial score (nSPS) is 15.0. The van der Waals surface area contributed by atoms with Gasteiger partial charge >= 0.3 is 0 Å². The van der Waals surface area contributed by atoms with Gasteiger partial charge in [0, 0.05) is 42.9 Å². The third-order valence-corrected chi connectivity index (χ3v) is 6.29. The number of likely N-dealkylation sites (N-methyl/N-ethyl adjacent to an activating group) is 1. The van der Waals surface area contributed by atoms with Crippen LogP contribution in [0.25, 0.3) is 9.88 Å². The molecule has 1 saturated heterocycles. The lowest BCUT2D eigenvalue weighted by Crippen LogP contribution is -2.44. The number of benzene rings is 1. The zero-order chi connectivity index (χ0) is 17.9. The largest absolute Gasteiger partial charge is 0.369 e. The zero-order valence-corrected chi connectivity index (χ0v) is 16.0. The molecule has 3 aromatic rings. The highest BCUT2D eigenvalue weighted by Crippen LogP contribution is 2.32. The number of thiophene rings is 1. The van der Waals surface area contributed by atoms with Gasteiger partial charge in [-0.25, -0.2) is 0 Å². The molecule has 6 nitrogen and oxygen atoms in total. The van der Waals surface area contributed by atoms with Crippen molar-refractivity contribution in [2.75, 3.05) is 43.4 Å². The van der Waals surface area contributed by atoms with Crippen LogP contribution in [0, 0.1) is 11.3 Å². The van der Waals surface area contributed by atoms with E-state index in [1.54, 1.807) is 0 Å². The summed E-state index contributed by atoms with van der Waals surface area (Å²) < 4.78 is 0. The number of piperazine rings is 1. The van der Waals surface area contributed by atoms with Crippen molar-refractivity contribution in [2.45, 2.75) is 0 Å². The minimum atomic E-state index is 0.661. The van der Waals surface area contributed by atoms with E-state index in [2.05, 4.69) is 62.7 Å². The van der Waals surface area contributed by atoms with Gasteiger partial charge in [-0.3, -0.25) is 0 Å². The van der Waals surface area contributed by atoms with Crippen LogP contribution in [0.3, 0.4) is 0 Å². The monoisotopic (exact) mass is 382 g/mol. The van der Waals surface area contributed by atoms with E-state index in [1.165, 1.54) is 28.4 Å². The predicted octanol–water partition coefficient (Wildman–Crippen LogP) is 3.63. The van der Waals surface area contributed by atoms with Gasteiger partial charge in [0.25, 0.3) is 0 Å². The summed E-state index contributed by atoms with van der Waals surface area (Å²) in [6.07, 6.45) is 0. The number of aromatic nitrogens is 2. The van der Waals surface area contributed by atoms with Crippen molar-refractivity contribution >= 4 is 39.2 Å². The molecule has 1 fully saturated rings. The first kappa shape index (κ1) is 17.0. The summed E-state index contributed by atoms with van der Waals surface area (Å²) in [6, 6.07) is 12.4. The first-order valence-electron chi connectivity index (χ1n) is 8.34. The third kappa shape index (κ3) is 3.70. The van der Waals surface area contributed by atoms with Gasteiger partial charge in [0.15, 0.2) is 5.01 Å². The van der Waals surface area contributed by atoms with Crippen LogP contribution in [0.1, 0.15) is 5.56 Å². The molecular formula is C18H18N6S2. The molecule has 0 spiro atoms. The molecule has 0 radical (unpaired) electrons. The van der Waals surface area contributed by atoms with E-state index in [1.807, 2.05) is 11.4 Å². The molecule has 26 heavy (non-hydrogen) atoms. The molecule has 0 bridgehead atoms. The van der Waals surface area contributed by atoms with Crippen molar-refractivity contribution in [3.8, 4) is 16.0 Å². The smallest absolute Gasteiger partial charge is 0.210 e. The lowest BCUT2D eigenvalue weighted by Gasteiger charge is -2.34. The Morgan fingerprint density at radius 1 is 1.12 bits per heavy atom. The lowest BCUT2D eigenvalue weighted by molar-refractivity contribution is 0.313. The fourth-order valence-corrected chi connectivity index (χ4v) is 4.48. The molecule has 0 atom stereocenters. The second-order valence-electron chi connectivity index (χ2n) is 6.19. The Labute approximate surface area is 160 Å². The number of nitrogens with one attached hydrogen (secondary N) is 1. The molecule has 0 unspecified atom stereocenters. The topological polar surface area (TPSA) is 68.1 Å². The van der Waals surface area contributed by atoms with Crippen LogP contribution in [-0.4, -0.2) is 48.3 Å². The molecule has 1 aliphatic rings. The number of hydrogen-bond donors (Lipinski definition) is 1. The molecule has 1 aromatic carbocycles. The Bertz CT molecular complexity index is 916. The van der Waals surface area contributed by atoms with Crippen LogP contribution >= 0.6 is 22.7 Å². The first-order chi connectivity index (χ1) is 12.7. The summed E-state index contributed by atoms with van der Waals surface area (Å²) in [5.41, 5.74) is 2.91. The summed E-state index contributed by atoms with van der Waals surface area (Å²) >= 11 is 3.00. The maximum Gasteiger partial charge on any atom is 0.210 e. The quantitative estimate of drug-likeness (QED) is 0.743. The molecule has 0 amide bonds. The van der Waals surface area contributed by atoms with Crippen molar-refractivity contribution in [1.82, 2.24) is 15.1 Å². The fraction of sp³-hybridized carbons (Fsp3) is 0.278. The van der Waals surface area contributed by atoms with E-state index in [4.69, 9.17) is 5.26 Å².